The molecule has 31 heavy (non-hydrogen) atoms. The molecule has 0 spiro atoms. The minimum Gasteiger partial charge on any atom is -0.464 e. The Morgan fingerprint density at radius 3 is 2.39 bits per heavy atom. The van der Waals surface area contributed by atoms with Crippen LogP contribution in [-0.4, -0.2) is 60.5 Å². The molecule has 168 valence electrons. The number of ether oxygens (including phenoxy) is 2. The first-order chi connectivity index (χ1) is 14.7. The summed E-state index contributed by atoms with van der Waals surface area (Å²) in [6, 6.07) is 5.81. The summed E-state index contributed by atoms with van der Waals surface area (Å²) in [5, 5.41) is 0.525. The molecule has 1 unspecified atom stereocenters. The third kappa shape index (κ3) is 5.74. The summed E-state index contributed by atoms with van der Waals surface area (Å²) >= 11 is 5.95. The number of halogens is 1. The van der Waals surface area contributed by atoms with Crippen molar-refractivity contribution in [2.45, 2.75) is 40.2 Å². The van der Waals surface area contributed by atoms with Gasteiger partial charge in [0.05, 0.1) is 13.2 Å². The van der Waals surface area contributed by atoms with Gasteiger partial charge in [0.25, 0.3) is 5.91 Å². The molecule has 0 aliphatic rings. The largest absolute Gasteiger partial charge is 0.464 e. The zero-order valence-corrected chi connectivity index (χ0v) is 19.3. The molecule has 1 aromatic heterocycles. The Kier molecular flexibility index (Phi) is 8.83. The van der Waals surface area contributed by atoms with Crippen LogP contribution in [0.4, 0.5) is 0 Å². The molecule has 0 fully saturated rings. The number of nitrogens with zero attached hydrogens (tertiary/aromatic N) is 1. The number of Topliss-reactive ketones (excluding diaryl/α,β-unsaturated/α-hetero) is 1. The van der Waals surface area contributed by atoms with Crippen LogP contribution < -0.4 is 0 Å². The minimum atomic E-state index is -0.747. The third-order valence-electron chi connectivity index (χ3n) is 5.16. The van der Waals surface area contributed by atoms with E-state index >= 15 is 0 Å². The number of amides is 1. The fraction of sp³-hybridized carbons (Fsp3) is 0.435. The highest BCUT2D eigenvalue weighted by Gasteiger charge is 2.31. The average Bonchev–Trinajstić information content (AvgIpc) is 3.06. The fourth-order valence-electron chi connectivity index (χ4n) is 3.49. The lowest BCUT2D eigenvalue weighted by Crippen LogP contribution is -2.44. The van der Waals surface area contributed by atoms with Gasteiger partial charge in [-0.25, -0.2) is 4.79 Å². The van der Waals surface area contributed by atoms with Crippen molar-refractivity contribution in [3.8, 4) is 0 Å². The van der Waals surface area contributed by atoms with E-state index in [0.29, 0.717) is 53.6 Å². The normalized spacial score (nSPS) is 11.8. The van der Waals surface area contributed by atoms with Crippen LogP contribution in [0.25, 0.3) is 0 Å². The van der Waals surface area contributed by atoms with Crippen molar-refractivity contribution in [3.05, 3.63) is 57.4 Å². The van der Waals surface area contributed by atoms with Gasteiger partial charge in [0.1, 0.15) is 5.69 Å². The van der Waals surface area contributed by atoms with Crippen molar-refractivity contribution in [3.63, 3.8) is 0 Å². The lowest BCUT2D eigenvalue weighted by molar-refractivity contribution is 0.0588. The number of rotatable bonds is 10. The summed E-state index contributed by atoms with van der Waals surface area (Å²) in [7, 11) is 1.28. The van der Waals surface area contributed by atoms with E-state index in [1.54, 1.807) is 45.0 Å². The number of ketones is 1. The first-order valence-electron chi connectivity index (χ1n) is 10.2. The number of benzene rings is 1. The molecule has 0 aliphatic heterocycles. The lowest BCUT2D eigenvalue weighted by atomic mass is 9.99. The molecule has 0 saturated heterocycles. The van der Waals surface area contributed by atoms with Gasteiger partial charge in [-0.3, -0.25) is 9.59 Å². The summed E-state index contributed by atoms with van der Waals surface area (Å²) in [4.78, 5) is 43.1. The predicted octanol–water partition coefficient (Wildman–Crippen LogP) is 4.21. The van der Waals surface area contributed by atoms with E-state index in [1.807, 2.05) is 6.92 Å². The van der Waals surface area contributed by atoms with E-state index in [2.05, 4.69) is 4.98 Å². The summed E-state index contributed by atoms with van der Waals surface area (Å²) < 4.78 is 10.2. The van der Waals surface area contributed by atoms with E-state index in [1.165, 1.54) is 12.0 Å². The van der Waals surface area contributed by atoms with Crippen LogP contribution in [0, 0.1) is 13.8 Å². The average molecular weight is 449 g/mol. The quantitative estimate of drug-likeness (QED) is 0.334. The molecule has 1 atom stereocenters. The molecule has 2 aromatic rings. The van der Waals surface area contributed by atoms with Gasteiger partial charge in [-0.15, -0.1) is 0 Å². The van der Waals surface area contributed by atoms with Crippen LogP contribution >= 0.6 is 11.6 Å². The fourth-order valence-corrected chi connectivity index (χ4v) is 3.61. The number of aromatic nitrogens is 1. The molecular weight excluding hydrogens is 420 g/mol. The summed E-state index contributed by atoms with van der Waals surface area (Å²) in [5.41, 5.74) is 2.14. The maximum absolute atomic E-state index is 13.4. The molecule has 1 aromatic carbocycles. The van der Waals surface area contributed by atoms with Crippen molar-refractivity contribution in [2.24, 2.45) is 0 Å². The van der Waals surface area contributed by atoms with Gasteiger partial charge >= 0.3 is 5.97 Å². The van der Waals surface area contributed by atoms with Crippen molar-refractivity contribution >= 4 is 29.3 Å². The Balaban J connectivity index is 2.35. The zero-order valence-electron chi connectivity index (χ0n) is 18.6. The molecule has 8 heteroatoms. The Bertz CT molecular complexity index is 936. The van der Waals surface area contributed by atoms with E-state index in [0.717, 1.165) is 0 Å². The molecule has 0 saturated carbocycles. The SMILES string of the molecule is CCOCCCN(C(=O)c1ccc(Cl)cc1)C(C)C(=O)c1c(C)[nH]c(C(=O)OC)c1C. The number of hydrogen-bond donors (Lipinski definition) is 1. The third-order valence-corrected chi connectivity index (χ3v) is 5.42. The van der Waals surface area contributed by atoms with Gasteiger partial charge in [0.15, 0.2) is 5.78 Å². The van der Waals surface area contributed by atoms with E-state index < -0.39 is 12.0 Å². The highest BCUT2D eigenvalue weighted by Crippen LogP contribution is 2.23. The van der Waals surface area contributed by atoms with Crippen LogP contribution in [0.1, 0.15) is 62.7 Å². The molecule has 0 bridgehead atoms. The minimum absolute atomic E-state index is 0.238. The number of carbonyl (C=O) groups is 3. The van der Waals surface area contributed by atoms with Crippen molar-refractivity contribution in [2.75, 3.05) is 26.9 Å². The topological polar surface area (TPSA) is 88.7 Å². The molecule has 1 heterocycles. The van der Waals surface area contributed by atoms with Crippen LogP contribution in [0.15, 0.2) is 24.3 Å². The first-order valence-corrected chi connectivity index (χ1v) is 10.6. The van der Waals surface area contributed by atoms with E-state index in [9.17, 15) is 14.4 Å². The van der Waals surface area contributed by atoms with Crippen LogP contribution in [0.5, 0.6) is 0 Å². The van der Waals surface area contributed by atoms with Crippen LogP contribution in [0.2, 0.25) is 5.02 Å². The van der Waals surface area contributed by atoms with E-state index in [4.69, 9.17) is 21.1 Å². The highest BCUT2D eigenvalue weighted by molar-refractivity contribution is 6.30. The standard InChI is InChI=1S/C23H29ClN2O5/c1-6-31-13-7-12-26(22(28)17-8-10-18(24)11-9-17)16(4)21(27)19-14(2)20(23(29)30-5)25-15(19)3/h8-11,16,25H,6-7,12-13H2,1-5H3. The van der Waals surface area contributed by atoms with Crippen LogP contribution in [0.3, 0.4) is 0 Å². The Hall–Kier alpha value is -2.64. The first kappa shape index (κ1) is 24.6. The second kappa shape index (κ2) is 11.1. The molecule has 0 aliphatic carbocycles. The number of aryl methyl sites for hydroxylation is 1. The number of methoxy groups -OCH3 is 1. The number of nitrogens with one attached hydrogen (secondary N) is 1. The molecule has 2 rings (SSSR count). The maximum atomic E-state index is 13.4. The summed E-state index contributed by atoms with van der Waals surface area (Å²) in [6.45, 7) is 8.42. The maximum Gasteiger partial charge on any atom is 0.354 e. The van der Waals surface area contributed by atoms with Gasteiger partial charge < -0.3 is 19.4 Å². The number of esters is 1. The molecule has 1 amide bonds. The Morgan fingerprint density at radius 1 is 1.16 bits per heavy atom. The van der Waals surface area contributed by atoms with Gasteiger partial charge in [0.2, 0.25) is 0 Å². The monoisotopic (exact) mass is 448 g/mol. The van der Waals surface area contributed by atoms with E-state index in [-0.39, 0.29) is 17.4 Å². The lowest BCUT2D eigenvalue weighted by Gasteiger charge is -2.29. The van der Waals surface area contributed by atoms with Gasteiger partial charge in [-0.05, 0) is 63.9 Å². The molecule has 0 radical (unpaired) electrons. The van der Waals surface area contributed by atoms with Gasteiger partial charge in [-0.2, -0.15) is 0 Å². The smallest absolute Gasteiger partial charge is 0.354 e. The van der Waals surface area contributed by atoms with Crippen molar-refractivity contribution in [1.82, 2.24) is 9.88 Å². The number of aromatic amines is 1. The predicted molar refractivity (Wildman–Crippen MR) is 119 cm³/mol. The highest BCUT2D eigenvalue weighted by atomic mass is 35.5. The number of carbonyl (C=O) groups excluding carboxylic acids is 3. The number of H-pyrrole nitrogens is 1. The molecule has 1 N–H and O–H groups in total. The number of hydrogen-bond acceptors (Lipinski definition) is 5. The second-order valence-corrected chi connectivity index (χ2v) is 7.65. The Morgan fingerprint density at radius 2 is 1.81 bits per heavy atom. The zero-order chi connectivity index (χ0) is 23.1. The molecule has 7 nitrogen and oxygen atoms in total. The Labute approximate surface area is 187 Å². The van der Waals surface area contributed by atoms with Crippen LogP contribution in [-0.2, 0) is 9.47 Å². The van der Waals surface area contributed by atoms with Gasteiger partial charge in [0, 0.05) is 41.6 Å². The second-order valence-electron chi connectivity index (χ2n) is 7.21. The van der Waals surface area contributed by atoms with Crippen molar-refractivity contribution in [1.29, 1.82) is 0 Å². The summed E-state index contributed by atoms with van der Waals surface area (Å²) in [5.74, 6) is -1.06. The molecular formula is C23H29ClN2O5. The van der Waals surface area contributed by atoms with Gasteiger partial charge in [-0.1, -0.05) is 11.6 Å². The summed E-state index contributed by atoms with van der Waals surface area (Å²) in [6.07, 6.45) is 0.587. The van der Waals surface area contributed by atoms with Crippen molar-refractivity contribution < 1.29 is 23.9 Å².